The molecule has 37 heavy (non-hydrogen) atoms. The molecule has 0 aliphatic heterocycles. The van der Waals surface area contributed by atoms with Gasteiger partial charge in [-0.15, -0.1) is 0 Å². The molecule has 0 saturated carbocycles. The van der Waals surface area contributed by atoms with E-state index < -0.39 is 5.17 Å². The standard InChI is InChI=1S/C29H19NOS.CH3NOS.Na.H/c31-29(32)30(27-13-5-11-23-15-19-7-1-3-9-21(19)17-25(23)27)28-14-6-12-24-16-20-8-2-4-10-22(20)18-26(24)28;2-1(3)4;;/h1-18H,(H,31,32);(H3,2,3,4);;. The zero-order valence-corrected chi connectivity index (χ0v) is 20.8. The molecule has 0 radical (unpaired) electrons. The van der Waals surface area contributed by atoms with Crippen LogP contribution in [0.3, 0.4) is 0 Å². The van der Waals surface area contributed by atoms with Gasteiger partial charge in [0.2, 0.25) is 0 Å². The van der Waals surface area contributed by atoms with E-state index in [1.807, 2.05) is 48.5 Å². The van der Waals surface area contributed by atoms with Crippen LogP contribution in [0.5, 0.6) is 0 Å². The van der Waals surface area contributed by atoms with E-state index >= 15 is 0 Å². The molecule has 0 bridgehead atoms. The van der Waals surface area contributed by atoms with Gasteiger partial charge in [0.25, 0.3) is 10.3 Å². The Bertz CT molecular complexity index is 1670. The zero-order chi connectivity index (χ0) is 25.2. The van der Waals surface area contributed by atoms with Crippen molar-refractivity contribution in [2.75, 3.05) is 4.90 Å². The van der Waals surface area contributed by atoms with Crippen LogP contribution in [0.25, 0.3) is 43.1 Å². The Kier molecular flexibility index (Phi) is 8.27. The zero-order valence-electron chi connectivity index (χ0n) is 19.1. The van der Waals surface area contributed by atoms with E-state index in [-0.39, 0.29) is 34.7 Å². The van der Waals surface area contributed by atoms with Gasteiger partial charge in [-0.1, -0.05) is 72.8 Å². The van der Waals surface area contributed by atoms with Gasteiger partial charge in [0.15, 0.2) is 0 Å². The number of fused-ring (bicyclic) bond motifs is 4. The molecule has 0 fully saturated rings. The third-order valence-electron chi connectivity index (χ3n) is 6.12. The Labute approximate surface area is 247 Å². The molecule has 0 aromatic heterocycles. The third kappa shape index (κ3) is 5.54. The topological polar surface area (TPSA) is 69.7 Å². The Hall–Kier alpha value is -3.26. The van der Waals surface area contributed by atoms with E-state index in [4.69, 9.17) is 17.3 Å². The van der Waals surface area contributed by atoms with Crippen LogP contribution < -0.4 is 10.6 Å². The SMILES string of the molecule is NC(O)=S.OC(=S)N(c1cccc2cc3ccccc3cc12)c1cccc2cc3ccccc3cc12.[NaH]. The summed E-state index contributed by atoms with van der Waals surface area (Å²) in [4.78, 5) is 1.78. The fraction of sp³-hybridized carbons (Fsp3) is 0. The van der Waals surface area contributed by atoms with Crippen molar-refractivity contribution in [3.05, 3.63) is 109 Å². The summed E-state index contributed by atoms with van der Waals surface area (Å²) in [6.45, 7) is 0. The minimum absolute atomic E-state index is 0. The summed E-state index contributed by atoms with van der Waals surface area (Å²) in [6.07, 6.45) is 0. The second kappa shape index (κ2) is 11.4. The van der Waals surface area contributed by atoms with Gasteiger partial charge in [-0.2, -0.15) is 0 Å². The molecule has 0 heterocycles. The van der Waals surface area contributed by atoms with Crippen molar-refractivity contribution < 1.29 is 10.2 Å². The van der Waals surface area contributed by atoms with E-state index in [0.717, 1.165) is 43.7 Å². The number of nitrogens with two attached hydrogens (primary N) is 1. The van der Waals surface area contributed by atoms with E-state index in [0.29, 0.717) is 0 Å². The molecule has 0 aliphatic carbocycles. The second-order valence-electron chi connectivity index (χ2n) is 8.35. The molecule has 178 valence electrons. The van der Waals surface area contributed by atoms with Crippen LogP contribution in [0.1, 0.15) is 0 Å². The van der Waals surface area contributed by atoms with Gasteiger partial charge in [0.05, 0.1) is 11.4 Å². The number of anilines is 2. The summed E-state index contributed by atoms with van der Waals surface area (Å²) in [5.74, 6) is 0. The van der Waals surface area contributed by atoms with E-state index in [9.17, 15) is 5.11 Å². The molecule has 0 aliphatic rings. The first kappa shape index (κ1) is 26.8. The fourth-order valence-electron chi connectivity index (χ4n) is 4.63. The van der Waals surface area contributed by atoms with Crippen LogP contribution in [-0.4, -0.2) is 50.1 Å². The van der Waals surface area contributed by atoms with Crippen molar-refractivity contribution in [2.45, 2.75) is 0 Å². The summed E-state index contributed by atoms with van der Waals surface area (Å²) in [5, 5.41) is 26.6. The molecule has 0 saturated heterocycles. The fourth-order valence-corrected chi connectivity index (χ4v) is 4.82. The van der Waals surface area contributed by atoms with Crippen molar-refractivity contribution in [3.8, 4) is 0 Å². The molecule has 6 rings (SSSR count). The summed E-state index contributed by atoms with van der Waals surface area (Å²) < 4.78 is 0. The number of thiocarbonyl (C=S) groups is 2. The van der Waals surface area contributed by atoms with E-state index in [1.54, 1.807) is 4.90 Å². The number of benzene rings is 6. The first-order valence-electron chi connectivity index (χ1n) is 11.3. The summed E-state index contributed by atoms with van der Waals surface area (Å²) in [6, 6.07) is 37.6. The molecule has 4 N–H and O–H groups in total. The number of aliphatic hydroxyl groups is 2. The minimum atomic E-state index is -0.500. The van der Waals surface area contributed by atoms with Crippen molar-refractivity contribution in [2.24, 2.45) is 5.73 Å². The summed E-state index contributed by atoms with van der Waals surface area (Å²) in [7, 11) is 0. The van der Waals surface area contributed by atoms with E-state index in [1.165, 1.54) is 10.8 Å². The van der Waals surface area contributed by atoms with Gasteiger partial charge in [-0.3, -0.25) is 4.90 Å². The molecule has 0 spiro atoms. The van der Waals surface area contributed by atoms with Gasteiger partial charge < -0.3 is 15.9 Å². The van der Waals surface area contributed by atoms with Crippen molar-refractivity contribution in [1.82, 2.24) is 0 Å². The number of hydrogen-bond donors (Lipinski definition) is 3. The van der Waals surface area contributed by atoms with Crippen LogP contribution >= 0.6 is 24.4 Å². The first-order valence-corrected chi connectivity index (χ1v) is 12.1. The second-order valence-corrected chi connectivity index (χ2v) is 9.13. The van der Waals surface area contributed by atoms with Crippen molar-refractivity contribution in [1.29, 1.82) is 0 Å². The number of rotatable bonds is 2. The molecule has 0 atom stereocenters. The number of aliphatic hydroxyl groups excluding tert-OH is 2. The van der Waals surface area contributed by atoms with Crippen LogP contribution in [0.2, 0.25) is 0 Å². The quantitative estimate of drug-likeness (QED) is 0.123. The van der Waals surface area contributed by atoms with Gasteiger partial charge >= 0.3 is 29.6 Å². The summed E-state index contributed by atoms with van der Waals surface area (Å²) >= 11 is 9.25. The van der Waals surface area contributed by atoms with Gasteiger partial charge in [-0.25, -0.2) is 0 Å². The third-order valence-corrected chi connectivity index (χ3v) is 6.30. The van der Waals surface area contributed by atoms with Gasteiger partial charge in [0, 0.05) is 10.8 Å². The summed E-state index contributed by atoms with van der Waals surface area (Å²) in [5.41, 5.74) is 6.12. The molecule has 4 nitrogen and oxygen atoms in total. The average Bonchev–Trinajstić information content (AvgIpc) is 2.86. The first-order chi connectivity index (χ1) is 17.4. The molecular formula is C30H23N2NaO2S2. The molecule has 6 aromatic rings. The van der Waals surface area contributed by atoms with E-state index in [2.05, 4.69) is 78.6 Å². The molecule has 6 aromatic carbocycles. The van der Waals surface area contributed by atoms with Crippen molar-refractivity contribution in [3.63, 3.8) is 0 Å². The van der Waals surface area contributed by atoms with Crippen LogP contribution in [0.15, 0.2) is 109 Å². The van der Waals surface area contributed by atoms with Crippen molar-refractivity contribution >= 4 is 119 Å². The number of hydrogen-bond acceptors (Lipinski definition) is 2. The van der Waals surface area contributed by atoms with Crippen LogP contribution in [0.4, 0.5) is 11.4 Å². The Morgan fingerprint density at radius 3 is 1.22 bits per heavy atom. The molecule has 0 unspecified atom stereocenters. The Morgan fingerprint density at radius 2 is 0.865 bits per heavy atom. The molecule has 7 heteroatoms. The number of nitrogens with zero attached hydrogens (tertiary/aromatic N) is 1. The molecular weight excluding hydrogens is 507 g/mol. The van der Waals surface area contributed by atoms with Gasteiger partial charge in [-0.05, 0) is 93.2 Å². The predicted octanol–water partition coefficient (Wildman–Crippen LogP) is 7.42. The monoisotopic (exact) mass is 530 g/mol. The Balaban J connectivity index is 0.000000599. The van der Waals surface area contributed by atoms with Crippen LogP contribution in [-0.2, 0) is 0 Å². The van der Waals surface area contributed by atoms with Crippen LogP contribution in [0, 0.1) is 0 Å². The normalized spacial score (nSPS) is 10.5. The predicted molar refractivity (Wildman–Crippen MR) is 167 cm³/mol. The molecule has 0 amide bonds. The maximum atomic E-state index is 10.7. The van der Waals surface area contributed by atoms with Gasteiger partial charge in [0.1, 0.15) is 0 Å². The maximum absolute atomic E-state index is 10.7. The Morgan fingerprint density at radius 1 is 0.541 bits per heavy atom. The average molecular weight is 531 g/mol.